The molecule has 1 aromatic rings. The van der Waals surface area contributed by atoms with Gasteiger partial charge in [0.2, 0.25) is 0 Å². The van der Waals surface area contributed by atoms with Crippen LogP contribution in [-0.2, 0) is 0 Å². The zero-order chi connectivity index (χ0) is 14.1. The second kappa shape index (κ2) is 9.24. The fourth-order valence-electron chi connectivity index (χ4n) is 2.22. The minimum absolute atomic E-state index is 0.915. The molecule has 19 heavy (non-hydrogen) atoms. The van der Waals surface area contributed by atoms with Crippen LogP contribution in [0.25, 0.3) is 0 Å². The summed E-state index contributed by atoms with van der Waals surface area (Å²) in [5.74, 6) is 0.915. The van der Waals surface area contributed by atoms with Crippen molar-refractivity contribution in [2.24, 2.45) is 0 Å². The van der Waals surface area contributed by atoms with Gasteiger partial charge in [-0.2, -0.15) is 0 Å². The first-order chi connectivity index (χ1) is 9.19. The molecule has 0 amide bonds. The normalized spacial score (nSPS) is 10.5. The van der Waals surface area contributed by atoms with E-state index in [4.69, 9.17) is 4.74 Å². The van der Waals surface area contributed by atoms with Crippen molar-refractivity contribution in [2.75, 3.05) is 19.0 Å². The van der Waals surface area contributed by atoms with Gasteiger partial charge in [0.05, 0.1) is 12.8 Å². The van der Waals surface area contributed by atoms with E-state index in [0.29, 0.717) is 0 Å². The van der Waals surface area contributed by atoms with E-state index in [1.165, 1.54) is 44.1 Å². The van der Waals surface area contributed by atoms with Crippen molar-refractivity contribution in [3.05, 3.63) is 22.2 Å². The number of benzene rings is 1. The number of rotatable bonds is 9. The van der Waals surface area contributed by atoms with E-state index >= 15 is 0 Å². The molecule has 0 aromatic heterocycles. The first-order valence-electron chi connectivity index (χ1n) is 7.27. The third-order valence-electron chi connectivity index (χ3n) is 3.32. The van der Waals surface area contributed by atoms with Gasteiger partial charge in [-0.15, -0.1) is 0 Å². The lowest BCUT2D eigenvalue weighted by atomic mass is 10.1. The Morgan fingerprint density at radius 3 is 2.47 bits per heavy atom. The molecule has 0 aliphatic rings. The van der Waals surface area contributed by atoms with Gasteiger partial charge in [0.15, 0.2) is 0 Å². The van der Waals surface area contributed by atoms with Crippen LogP contribution in [-0.4, -0.2) is 13.7 Å². The minimum atomic E-state index is 0.915. The van der Waals surface area contributed by atoms with E-state index in [2.05, 4.69) is 41.2 Å². The molecule has 0 atom stereocenters. The molecule has 0 radical (unpaired) electrons. The highest BCUT2D eigenvalue weighted by atomic mass is 79.9. The molecule has 1 aromatic carbocycles. The van der Waals surface area contributed by atoms with Crippen molar-refractivity contribution >= 4 is 21.6 Å². The zero-order valence-electron chi connectivity index (χ0n) is 12.4. The van der Waals surface area contributed by atoms with E-state index in [-0.39, 0.29) is 0 Å². The molecule has 108 valence electrons. The van der Waals surface area contributed by atoms with Crippen molar-refractivity contribution < 1.29 is 4.74 Å². The second-order valence-electron chi connectivity index (χ2n) is 4.99. The van der Waals surface area contributed by atoms with Crippen molar-refractivity contribution in [1.82, 2.24) is 0 Å². The van der Waals surface area contributed by atoms with Crippen LogP contribution in [0.2, 0.25) is 0 Å². The van der Waals surface area contributed by atoms with E-state index < -0.39 is 0 Å². The van der Waals surface area contributed by atoms with Gasteiger partial charge in [0.1, 0.15) is 5.75 Å². The predicted molar refractivity (Wildman–Crippen MR) is 87.3 cm³/mol. The molecule has 0 heterocycles. The summed E-state index contributed by atoms with van der Waals surface area (Å²) in [6, 6.07) is 4.13. The highest BCUT2D eigenvalue weighted by Gasteiger charge is 2.07. The van der Waals surface area contributed by atoms with Crippen LogP contribution in [0.4, 0.5) is 5.69 Å². The average molecular weight is 328 g/mol. The van der Waals surface area contributed by atoms with Crippen LogP contribution < -0.4 is 10.1 Å². The number of nitrogens with one attached hydrogen (secondary N) is 1. The molecule has 0 fully saturated rings. The Hall–Kier alpha value is -0.700. The lowest BCUT2D eigenvalue weighted by molar-refractivity contribution is 0.416. The number of aryl methyl sites for hydroxylation is 1. The molecule has 0 spiro atoms. The molecule has 2 nitrogen and oxygen atoms in total. The largest absolute Gasteiger partial charge is 0.495 e. The maximum atomic E-state index is 5.42. The summed E-state index contributed by atoms with van der Waals surface area (Å²) in [5, 5.41) is 3.50. The average Bonchev–Trinajstić information content (AvgIpc) is 2.39. The van der Waals surface area contributed by atoms with Crippen LogP contribution in [0.15, 0.2) is 16.6 Å². The van der Waals surface area contributed by atoms with E-state index in [1.807, 2.05) is 6.07 Å². The van der Waals surface area contributed by atoms with Crippen LogP contribution >= 0.6 is 15.9 Å². The Labute approximate surface area is 126 Å². The third-order valence-corrected chi connectivity index (χ3v) is 3.77. The standard InChI is InChI=1S/C16H26BrNO/c1-4-5-6-7-8-9-10-18-16-13(2)11-14(17)12-15(16)19-3/h11-12,18H,4-10H2,1-3H3. The molecule has 0 aliphatic heterocycles. The van der Waals surface area contributed by atoms with Gasteiger partial charge in [-0.1, -0.05) is 55.0 Å². The van der Waals surface area contributed by atoms with E-state index in [0.717, 1.165) is 22.5 Å². The van der Waals surface area contributed by atoms with Crippen molar-refractivity contribution in [2.45, 2.75) is 52.4 Å². The minimum Gasteiger partial charge on any atom is -0.495 e. The van der Waals surface area contributed by atoms with Crippen molar-refractivity contribution in [1.29, 1.82) is 0 Å². The summed E-state index contributed by atoms with van der Waals surface area (Å²) in [5.41, 5.74) is 2.34. The third kappa shape index (κ3) is 5.85. The Kier molecular flexibility index (Phi) is 7.96. The van der Waals surface area contributed by atoms with E-state index in [1.54, 1.807) is 7.11 Å². The van der Waals surface area contributed by atoms with Crippen LogP contribution in [0.5, 0.6) is 5.75 Å². The van der Waals surface area contributed by atoms with Crippen LogP contribution in [0.3, 0.4) is 0 Å². The highest BCUT2D eigenvalue weighted by Crippen LogP contribution is 2.32. The Morgan fingerprint density at radius 1 is 1.11 bits per heavy atom. The summed E-state index contributed by atoms with van der Waals surface area (Å²) in [4.78, 5) is 0. The molecule has 0 saturated carbocycles. The molecule has 0 unspecified atom stereocenters. The number of hydrogen-bond acceptors (Lipinski definition) is 2. The monoisotopic (exact) mass is 327 g/mol. The smallest absolute Gasteiger partial charge is 0.143 e. The first kappa shape index (κ1) is 16.4. The molecule has 1 rings (SSSR count). The summed E-state index contributed by atoms with van der Waals surface area (Å²) in [6.45, 7) is 5.38. The second-order valence-corrected chi connectivity index (χ2v) is 5.91. The summed E-state index contributed by atoms with van der Waals surface area (Å²) >= 11 is 3.50. The quantitative estimate of drug-likeness (QED) is 0.601. The van der Waals surface area contributed by atoms with Gasteiger partial charge in [-0.25, -0.2) is 0 Å². The SMILES string of the molecule is CCCCCCCCNc1c(C)cc(Br)cc1OC. The predicted octanol–water partition coefficient (Wildman–Crippen LogP) is 5.54. The first-order valence-corrected chi connectivity index (χ1v) is 8.06. The molecule has 0 bridgehead atoms. The molecular weight excluding hydrogens is 302 g/mol. The molecular formula is C16H26BrNO. The molecule has 0 saturated heterocycles. The lowest BCUT2D eigenvalue weighted by Gasteiger charge is -2.14. The molecule has 0 aliphatic carbocycles. The highest BCUT2D eigenvalue weighted by molar-refractivity contribution is 9.10. The summed E-state index contributed by atoms with van der Waals surface area (Å²) in [6.07, 6.45) is 7.94. The van der Waals surface area contributed by atoms with Crippen LogP contribution in [0.1, 0.15) is 51.0 Å². The van der Waals surface area contributed by atoms with Gasteiger partial charge in [-0.05, 0) is 31.0 Å². The number of methoxy groups -OCH3 is 1. The van der Waals surface area contributed by atoms with Gasteiger partial charge in [-0.3, -0.25) is 0 Å². The topological polar surface area (TPSA) is 21.3 Å². The number of hydrogen-bond donors (Lipinski definition) is 1. The van der Waals surface area contributed by atoms with Crippen molar-refractivity contribution in [3.63, 3.8) is 0 Å². The van der Waals surface area contributed by atoms with Gasteiger partial charge in [0, 0.05) is 11.0 Å². The number of anilines is 1. The molecule has 1 N–H and O–H groups in total. The number of halogens is 1. The Bertz CT molecular complexity index is 379. The maximum Gasteiger partial charge on any atom is 0.143 e. The fraction of sp³-hybridized carbons (Fsp3) is 0.625. The Balaban J connectivity index is 2.36. The van der Waals surface area contributed by atoms with E-state index in [9.17, 15) is 0 Å². The number of unbranched alkanes of at least 4 members (excludes halogenated alkanes) is 5. The lowest BCUT2D eigenvalue weighted by Crippen LogP contribution is -2.05. The van der Waals surface area contributed by atoms with Crippen molar-refractivity contribution in [3.8, 4) is 5.75 Å². The van der Waals surface area contributed by atoms with Gasteiger partial charge < -0.3 is 10.1 Å². The summed E-state index contributed by atoms with van der Waals surface area (Å²) < 4.78 is 6.49. The van der Waals surface area contributed by atoms with Gasteiger partial charge >= 0.3 is 0 Å². The Morgan fingerprint density at radius 2 is 1.79 bits per heavy atom. The fourth-order valence-corrected chi connectivity index (χ4v) is 2.77. The van der Waals surface area contributed by atoms with Gasteiger partial charge in [0.25, 0.3) is 0 Å². The summed E-state index contributed by atoms with van der Waals surface area (Å²) in [7, 11) is 1.72. The van der Waals surface area contributed by atoms with Crippen LogP contribution in [0, 0.1) is 6.92 Å². The maximum absolute atomic E-state index is 5.42. The zero-order valence-corrected chi connectivity index (χ0v) is 14.0. The number of ether oxygens (including phenoxy) is 1. The molecule has 3 heteroatoms.